The molecular weight excluding hydrogens is 1500 g/mol. The van der Waals surface area contributed by atoms with Crippen LogP contribution in [0.4, 0.5) is 27.4 Å². The van der Waals surface area contributed by atoms with Crippen molar-refractivity contribution in [2.75, 3.05) is 54.0 Å². The number of halogens is 1. The molecule has 109 heavy (non-hydrogen) atoms. The van der Waals surface area contributed by atoms with Crippen LogP contribution in [0.3, 0.4) is 0 Å². The molecule has 6 aliphatic carbocycles. The number of piperidine rings is 3. The van der Waals surface area contributed by atoms with Crippen LogP contribution in [0.15, 0.2) is 117 Å². The monoisotopic (exact) mass is 1610 g/mol. The number of amides is 2. The smallest absolute Gasteiger partial charge is 0.813 e. The summed E-state index contributed by atoms with van der Waals surface area (Å²) in [7, 11) is 0. The molecule has 0 radical (unpaired) electrons. The molecule has 6 fully saturated rings. The zero-order valence-electron chi connectivity index (χ0n) is 64.8. The Morgan fingerprint density at radius 2 is 0.872 bits per heavy atom. The number of hydrogen-bond donors (Lipinski definition) is 3. The number of aromatic nitrogens is 12. The molecule has 18 rings (SSSR count). The van der Waals surface area contributed by atoms with E-state index in [-0.39, 0.29) is 78.2 Å². The first-order chi connectivity index (χ1) is 51.8. The van der Waals surface area contributed by atoms with Gasteiger partial charge in [-0.2, -0.15) is 0 Å². The molecule has 9 aromatic rings. The van der Waals surface area contributed by atoms with Crippen LogP contribution in [0.1, 0.15) is 210 Å². The van der Waals surface area contributed by atoms with Gasteiger partial charge >= 0.3 is 41.7 Å². The number of anilines is 3. The van der Waals surface area contributed by atoms with Crippen LogP contribution >= 0.6 is 39.5 Å². The fourth-order valence-electron chi connectivity index (χ4n) is 18.7. The zero-order chi connectivity index (χ0) is 73.9. The third-order valence-electron chi connectivity index (χ3n) is 24.3. The summed E-state index contributed by atoms with van der Waals surface area (Å²) in [4.78, 5) is 78.4. The molecule has 12 heterocycles. The van der Waals surface area contributed by atoms with Gasteiger partial charge in [0, 0.05) is 157 Å². The van der Waals surface area contributed by atoms with E-state index in [0.717, 1.165) is 180 Å². The van der Waals surface area contributed by atoms with Gasteiger partial charge in [-0.1, -0.05) is 58.7 Å². The Balaban J connectivity index is 0.000000134. The SMILES string of the molecule is Brc1ccnc2c1CCCC2.CC(C)(C)OC(=O)N[C@@H]1CCCC12CCN(c1nc[c-]c3nccn13)CC2.CC(C)(C)OC(=O)N[C@@H]1CCCC12CCN(c1ncc(Sc3ccnc4c3CCCC4)c3nccn13)CC2.N[C@@H]1CCCC12CCN(c1ncc(Sc3ccnc4c3CCCC4)c3nccn13)CC2.[Na+].[SH-]. The molecule has 3 spiro atoms. The fourth-order valence-corrected chi connectivity index (χ4v) is 21.3. The Hall–Kier alpha value is -6.26. The number of hydrogen-bond acceptors (Lipinski definition) is 20. The van der Waals surface area contributed by atoms with Crippen LogP contribution < -0.4 is 60.6 Å². The number of aryl methyl sites for hydroxylation is 3. The minimum atomic E-state index is -0.484. The standard InChI is InChI=1S/C29H38N6O2S.C24H30N6S.C20H28N5O2.C9H10BrN.Na.H2S/c1-28(2,3)37-27(36)33-24-9-6-11-29(24)12-16-34(17-13-29)26-32-19-23(25-31-15-18-35(25)26)38-22-10-14-30-21-8-5-4-7-20(21)22;25-21-6-3-8-24(21)9-13-29(14-10-24)23-28-16-20(22-27-12-15-30(22)23)31-19-7-11-26-18-5-2-1-4-17(18)19;1-19(2,3)27-18(26)23-15-5-4-7-20(15)8-12-24(13-9-20)17-22-10-6-16-21-11-14-25(16)17;10-8-5-6-11-9-4-2-1-3-7(8)9;;/h10,14-15,18-19,24H,4-9,11-13,16-17H2,1-3H3,(H,33,36);7,11-12,15-16,21H,1-6,8-10,13-14,25H2;10-11,14-15H,4-5,7-9,12-13H2,1-3H3,(H,23,26);5-6H,1-4H2;;1H2/q;;-1;;+1;/p-1/t24-;21-;15-;;;/m111.../s1. The average molecular weight is 1610 g/mol. The van der Waals surface area contributed by atoms with Gasteiger partial charge in [-0.3, -0.25) is 33.7 Å². The summed E-state index contributed by atoms with van der Waals surface area (Å²) in [5.74, 6) is 2.88. The van der Waals surface area contributed by atoms with Gasteiger partial charge in [0.15, 0.2) is 11.3 Å². The first-order valence-corrected chi connectivity index (χ1v) is 42.0. The van der Waals surface area contributed by atoms with Gasteiger partial charge in [0.05, 0.1) is 9.79 Å². The Morgan fingerprint density at radius 1 is 0.477 bits per heavy atom. The summed E-state index contributed by atoms with van der Waals surface area (Å²) >= 11 is 7.09. The number of pyridine rings is 3. The summed E-state index contributed by atoms with van der Waals surface area (Å²) < 4.78 is 18.6. The van der Waals surface area contributed by atoms with Crippen molar-refractivity contribution in [3.8, 4) is 0 Å². The van der Waals surface area contributed by atoms with Gasteiger partial charge < -0.3 is 64.5 Å². The van der Waals surface area contributed by atoms with Crippen LogP contribution in [0.2, 0.25) is 0 Å². The molecule has 27 heteroatoms. The minimum Gasteiger partial charge on any atom is -0.813 e. The van der Waals surface area contributed by atoms with Crippen LogP contribution in [0, 0.1) is 22.3 Å². The number of ether oxygens (including phenoxy) is 2. The Labute approximate surface area is 688 Å². The number of rotatable bonds is 9. The van der Waals surface area contributed by atoms with E-state index in [1.54, 1.807) is 35.9 Å². The topological polar surface area (TPSA) is 242 Å². The van der Waals surface area contributed by atoms with E-state index in [9.17, 15) is 9.59 Å². The largest absolute Gasteiger partial charge is 1.00 e. The molecule has 0 bridgehead atoms. The van der Waals surface area contributed by atoms with Crippen LogP contribution in [0.25, 0.3) is 16.9 Å². The maximum Gasteiger partial charge on any atom is 1.00 e. The van der Waals surface area contributed by atoms with E-state index in [4.69, 9.17) is 35.1 Å². The quantitative estimate of drug-likeness (QED) is 0.0526. The number of nitrogens with two attached hydrogens (primary N) is 1. The summed E-state index contributed by atoms with van der Waals surface area (Å²) in [6.07, 6.45) is 53.7. The Morgan fingerprint density at radius 3 is 1.32 bits per heavy atom. The van der Waals surface area contributed by atoms with Crippen molar-refractivity contribution in [2.45, 2.75) is 264 Å². The average Bonchev–Trinajstić information content (AvgIpc) is 1.69. The maximum absolute atomic E-state index is 12.5. The molecule has 9 aliphatic rings. The van der Waals surface area contributed by atoms with E-state index < -0.39 is 11.2 Å². The van der Waals surface area contributed by atoms with Crippen molar-refractivity contribution in [2.24, 2.45) is 22.0 Å². The van der Waals surface area contributed by atoms with E-state index >= 15 is 0 Å². The van der Waals surface area contributed by atoms with E-state index in [1.807, 2.05) is 108 Å². The number of nitrogens with one attached hydrogen (secondary N) is 2. The third-order valence-corrected chi connectivity index (χ3v) is 27.2. The van der Waals surface area contributed by atoms with E-state index in [0.29, 0.717) is 11.5 Å². The number of fused-ring (bicyclic) bond motifs is 6. The van der Waals surface area contributed by atoms with Gasteiger partial charge in [-0.15, -0.1) is 6.20 Å². The van der Waals surface area contributed by atoms with Crippen molar-refractivity contribution in [3.05, 3.63) is 137 Å². The van der Waals surface area contributed by atoms with E-state index in [2.05, 4.69) is 99.4 Å². The molecule has 22 nitrogen and oxygen atoms in total. The maximum atomic E-state index is 12.5. The summed E-state index contributed by atoms with van der Waals surface area (Å²) in [6.45, 7) is 17.2. The van der Waals surface area contributed by atoms with Crippen molar-refractivity contribution < 1.29 is 48.6 Å². The second-order valence-corrected chi connectivity index (χ2v) is 36.2. The molecule has 576 valence electrons. The molecule has 3 aliphatic heterocycles. The van der Waals surface area contributed by atoms with E-state index in [1.165, 1.54) is 125 Å². The Kier molecular flexibility index (Phi) is 25.9. The van der Waals surface area contributed by atoms with Gasteiger partial charge in [0.25, 0.3) is 0 Å². The van der Waals surface area contributed by atoms with Crippen LogP contribution in [-0.2, 0) is 61.5 Å². The van der Waals surface area contributed by atoms with Gasteiger partial charge in [0.2, 0.25) is 17.8 Å². The molecular formula is C82H107BrN18NaO4S3-. The van der Waals surface area contributed by atoms with Crippen molar-refractivity contribution >= 4 is 99.9 Å². The van der Waals surface area contributed by atoms with Crippen LogP contribution in [-0.4, -0.2) is 139 Å². The molecule has 0 aromatic carbocycles. The summed E-state index contributed by atoms with van der Waals surface area (Å²) in [5, 5.41) is 6.37. The predicted molar refractivity (Wildman–Crippen MR) is 433 cm³/mol. The molecule has 2 amide bonds. The molecule has 4 N–H and O–H groups in total. The van der Waals surface area contributed by atoms with Gasteiger partial charge in [-0.05, 0) is 252 Å². The first kappa shape index (κ1) is 80.8. The normalized spacial score (nSPS) is 21.0. The van der Waals surface area contributed by atoms with Crippen molar-refractivity contribution in [1.29, 1.82) is 0 Å². The van der Waals surface area contributed by atoms with Crippen LogP contribution in [0.5, 0.6) is 0 Å². The third kappa shape index (κ3) is 18.2. The molecule has 9 aromatic heterocycles. The molecule has 3 saturated heterocycles. The van der Waals surface area contributed by atoms with Crippen molar-refractivity contribution in [1.82, 2.24) is 68.7 Å². The van der Waals surface area contributed by atoms with Crippen molar-refractivity contribution in [3.63, 3.8) is 0 Å². The number of nitrogens with zero attached hydrogens (tertiary/aromatic N) is 15. The number of thiol groups is 1. The molecule has 3 saturated carbocycles. The Bertz CT molecular complexity index is 4610. The van der Waals surface area contributed by atoms with Gasteiger partial charge in [-0.25, -0.2) is 29.5 Å². The number of carbonyl (C=O) groups excluding carboxylic acids is 2. The number of carbonyl (C=O) groups is 2. The summed E-state index contributed by atoms with van der Waals surface area (Å²) in [5.41, 5.74) is 17.0. The van der Waals surface area contributed by atoms with Gasteiger partial charge in [0.1, 0.15) is 11.2 Å². The summed E-state index contributed by atoms with van der Waals surface area (Å²) in [6, 6.07) is 10.1. The second-order valence-electron chi connectivity index (χ2n) is 33.2. The minimum absolute atomic E-state index is 0. The first-order valence-electron chi connectivity index (χ1n) is 39.5. The molecule has 3 atom stereocenters. The fraction of sp³-hybridized carbons (Fsp3) is 0.573. The second kappa shape index (κ2) is 35.0. The number of alkyl carbamates (subject to hydrolysis) is 2. The number of imidazole rings is 3. The predicted octanol–water partition coefficient (Wildman–Crippen LogP) is 12.7. The zero-order valence-corrected chi connectivity index (χ0v) is 70.9. The molecule has 0 unspecified atom stereocenters.